The number of anilines is 2. The maximum absolute atomic E-state index is 6.16. The number of nitrogens with two attached hydrogens (primary N) is 1. The van der Waals surface area contributed by atoms with E-state index in [4.69, 9.17) is 5.73 Å². The summed E-state index contributed by atoms with van der Waals surface area (Å²) in [5.41, 5.74) is 7.98. The minimum absolute atomic E-state index is 0.539. The van der Waals surface area contributed by atoms with Crippen molar-refractivity contribution < 1.29 is 0 Å². The van der Waals surface area contributed by atoms with E-state index in [0.29, 0.717) is 6.04 Å². The molecule has 1 aromatic heterocycles. The SMILES string of the molecule is CCc1nn(C)c(NC2CCC(CC)C2C)c1N. The molecule has 1 aliphatic carbocycles. The van der Waals surface area contributed by atoms with Crippen LogP contribution in [0.25, 0.3) is 0 Å². The number of hydrogen-bond donors (Lipinski definition) is 2. The van der Waals surface area contributed by atoms with E-state index in [-0.39, 0.29) is 0 Å². The van der Waals surface area contributed by atoms with Gasteiger partial charge in [0.15, 0.2) is 0 Å². The molecule has 3 atom stereocenters. The molecule has 1 heterocycles. The fraction of sp³-hybridized carbons (Fsp3) is 0.786. The topological polar surface area (TPSA) is 55.9 Å². The minimum Gasteiger partial charge on any atom is -0.394 e. The third-order valence-electron chi connectivity index (χ3n) is 4.57. The van der Waals surface area contributed by atoms with Gasteiger partial charge in [0.25, 0.3) is 0 Å². The van der Waals surface area contributed by atoms with Crippen LogP contribution in [0, 0.1) is 11.8 Å². The first-order valence-corrected chi connectivity index (χ1v) is 7.16. The van der Waals surface area contributed by atoms with Gasteiger partial charge in [-0.1, -0.05) is 27.2 Å². The predicted octanol–water partition coefficient (Wildman–Crippen LogP) is 2.80. The van der Waals surface area contributed by atoms with Crippen molar-refractivity contribution in [3.8, 4) is 0 Å². The van der Waals surface area contributed by atoms with Crippen LogP contribution in [0.15, 0.2) is 0 Å². The minimum atomic E-state index is 0.539. The van der Waals surface area contributed by atoms with Gasteiger partial charge in [0.1, 0.15) is 5.82 Å². The van der Waals surface area contributed by atoms with E-state index >= 15 is 0 Å². The van der Waals surface area contributed by atoms with Crippen molar-refractivity contribution in [3.63, 3.8) is 0 Å². The van der Waals surface area contributed by atoms with Crippen LogP contribution >= 0.6 is 0 Å². The van der Waals surface area contributed by atoms with E-state index in [1.165, 1.54) is 19.3 Å². The second-order valence-corrected chi connectivity index (χ2v) is 5.54. The monoisotopic (exact) mass is 250 g/mol. The molecule has 0 aromatic carbocycles. The van der Waals surface area contributed by atoms with Crippen molar-refractivity contribution in [1.82, 2.24) is 9.78 Å². The van der Waals surface area contributed by atoms with Crippen molar-refractivity contribution in [1.29, 1.82) is 0 Å². The van der Waals surface area contributed by atoms with Crippen molar-refractivity contribution >= 4 is 11.5 Å². The molecule has 4 heteroatoms. The number of nitrogens with one attached hydrogen (secondary N) is 1. The summed E-state index contributed by atoms with van der Waals surface area (Å²) in [6, 6.07) is 0.539. The Labute approximate surface area is 110 Å². The van der Waals surface area contributed by atoms with Crippen LogP contribution in [0.4, 0.5) is 11.5 Å². The number of rotatable bonds is 4. The lowest BCUT2D eigenvalue weighted by Gasteiger charge is -2.22. The molecule has 0 radical (unpaired) electrons. The Morgan fingerprint density at radius 3 is 2.61 bits per heavy atom. The van der Waals surface area contributed by atoms with E-state index in [1.54, 1.807) is 0 Å². The summed E-state index contributed by atoms with van der Waals surface area (Å²) < 4.78 is 1.89. The highest BCUT2D eigenvalue weighted by molar-refractivity contribution is 5.65. The van der Waals surface area contributed by atoms with Gasteiger partial charge in [0, 0.05) is 13.1 Å². The highest BCUT2D eigenvalue weighted by atomic mass is 15.3. The number of nitrogens with zero attached hydrogens (tertiary/aromatic N) is 2. The maximum atomic E-state index is 6.16. The molecule has 1 aliphatic rings. The molecule has 0 saturated heterocycles. The van der Waals surface area contributed by atoms with E-state index in [1.807, 2.05) is 11.7 Å². The van der Waals surface area contributed by atoms with Gasteiger partial charge in [-0.25, -0.2) is 0 Å². The van der Waals surface area contributed by atoms with Gasteiger partial charge in [-0.15, -0.1) is 0 Å². The summed E-state index contributed by atoms with van der Waals surface area (Å²) in [4.78, 5) is 0. The second kappa shape index (κ2) is 5.21. The first-order valence-electron chi connectivity index (χ1n) is 7.16. The summed E-state index contributed by atoms with van der Waals surface area (Å²) in [6.45, 7) is 6.73. The lowest BCUT2D eigenvalue weighted by atomic mass is 9.93. The lowest BCUT2D eigenvalue weighted by molar-refractivity contribution is 0.391. The zero-order valence-electron chi connectivity index (χ0n) is 12.0. The van der Waals surface area contributed by atoms with Crippen molar-refractivity contribution in [3.05, 3.63) is 5.69 Å². The molecule has 0 aliphatic heterocycles. The molecule has 3 N–H and O–H groups in total. The van der Waals surface area contributed by atoms with Gasteiger partial charge >= 0.3 is 0 Å². The molecule has 0 bridgehead atoms. The molecule has 3 unspecified atom stereocenters. The van der Waals surface area contributed by atoms with Crippen LogP contribution in [-0.4, -0.2) is 15.8 Å². The standard InChI is InChI=1S/C14H26N4/c1-5-10-7-8-12(9(10)3)16-14-13(15)11(6-2)17-18(14)4/h9-10,12,16H,5-8,15H2,1-4H3. The molecule has 0 spiro atoms. The Bertz CT molecular complexity index is 410. The molecule has 4 nitrogen and oxygen atoms in total. The molecule has 102 valence electrons. The van der Waals surface area contributed by atoms with Crippen LogP contribution in [0.2, 0.25) is 0 Å². The zero-order valence-corrected chi connectivity index (χ0v) is 12.0. The first-order chi connectivity index (χ1) is 8.58. The number of aryl methyl sites for hydroxylation is 2. The molecule has 2 rings (SSSR count). The van der Waals surface area contributed by atoms with Gasteiger partial charge < -0.3 is 11.1 Å². The molecule has 18 heavy (non-hydrogen) atoms. The van der Waals surface area contributed by atoms with E-state index in [2.05, 4.69) is 31.2 Å². The van der Waals surface area contributed by atoms with Crippen LogP contribution in [0.1, 0.15) is 45.7 Å². The number of aromatic nitrogens is 2. The van der Waals surface area contributed by atoms with Crippen molar-refractivity contribution in [2.45, 2.75) is 52.5 Å². The van der Waals surface area contributed by atoms with Crippen molar-refractivity contribution in [2.75, 3.05) is 11.1 Å². The second-order valence-electron chi connectivity index (χ2n) is 5.54. The third-order valence-corrected chi connectivity index (χ3v) is 4.57. The molecule has 1 fully saturated rings. The molecule has 0 amide bonds. The summed E-state index contributed by atoms with van der Waals surface area (Å²) in [5.74, 6) is 2.57. The van der Waals surface area contributed by atoms with Crippen LogP contribution in [0.5, 0.6) is 0 Å². The fourth-order valence-corrected chi connectivity index (χ4v) is 3.23. The zero-order chi connectivity index (χ0) is 13.3. The lowest BCUT2D eigenvalue weighted by Crippen LogP contribution is -2.26. The molecular formula is C14H26N4. The van der Waals surface area contributed by atoms with Gasteiger partial charge in [-0.3, -0.25) is 4.68 Å². The van der Waals surface area contributed by atoms with Crippen LogP contribution < -0.4 is 11.1 Å². The summed E-state index contributed by atoms with van der Waals surface area (Å²) in [6.07, 6.45) is 4.74. The highest BCUT2D eigenvalue weighted by Gasteiger charge is 2.32. The van der Waals surface area contributed by atoms with E-state index in [0.717, 1.165) is 35.5 Å². The smallest absolute Gasteiger partial charge is 0.148 e. The molecular weight excluding hydrogens is 224 g/mol. The summed E-state index contributed by atoms with van der Waals surface area (Å²) in [5, 5.41) is 8.09. The van der Waals surface area contributed by atoms with Crippen LogP contribution in [-0.2, 0) is 13.5 Å². The Kier molecular flexibility index (Phi) is 3.83. The predicted molar refractivity (Wildman–Crippen MR) is 76.6 cm³/mol. The Morgan fingerprint density at radius 1 is 1.39 bits per heavy atom. The Balaban J connectivity index is 2.13. The highest BCUT2D eigenvalue weighted by Crippen LogP contribution is 2.36. The summed E-state index contributed by atoms with van der Waals surface area (Å²) >= 11 is 0. The Morgan fingerprint density at radius 2 is 2.11 bits per heavy atom. The van der Waals surface area contributed by atoms with Gasteiger partial charge in [0.05, 0.1) is 11.4 Å². The van der Waals surface area contributed by atoms with Gasteiger partial charge in [-0.05, 0) is 31.1 Å². The molecule has 1 saturated carbocycles. The number of nitrogen functional groups attached to an aromatic ring is 1. The fourth-order valence-electron chi connectivity index (χ4n) is 3.23. The van der Waals surface area contributed by atoms with E-state index in [9.17, 15) is 0 Å². The third kappa shape index (κ3) is 2.20. The summed E-state index contributed by atoms with van der Waals surface area (Å²) in [7, 11) is 1.97. The average Bonchev–Trinajstić information content (AvgIpc) is 2.84. The van der Waals surface area contributed by atoms with Crippen molar-refractivity contribution in [2.24, 2.45) is 18.9 Å². The molecule has 1 aromatic rings. The Hall–Kier alpha value is -1.19. The first kappa shape index (κ1) is 13.2. The number of hydrogen-bond acceptors (Lipinski definition) is 3. The largest absolute Gasteiger partial charge is 0.394 e. The van der Waals surface area contributed by atoms with Gasteiger partial charge in [0.2, 0.25) is 0 Å². The normalized spacial score (nSPS) is 27.7. The van der Waals surface area contributed by atoms with Crippen LogP contribution in [0.3, 0.4) is 0 Å². The van der Waals surface area contributed by atoms with Gasteiger partial charge in [-0.2, -0.15) is 5.10 Å². The maximum Gasteiger partial charge on any atom is 0.148 e. The van der Waals surface area contributed by atoms with E-state index < -0.39 is 0 Å². The quantitative estimate of drug-likeness (QED) is 0.864. The average molecular weight is 250 g/mol.